The van der Waals surface area contributed by atoms with Gasteiger partial charge in [-0.15, -0.1) is 11.3 Å². The molecule has 0 aromatic carbocycles. The van der Waals surface area contributed by atoms with E-state index in [1.54, 1.807) is 22.8 Å². The zero-order chi connectivity index (χ0) is 14.3. The minimum Gasteiger partial charge on any atom is -0.343 e. The van der Waals surface area contributed by atoms with Crippen LogP contribution in [0.2, 0.25) is 0 Å². The van der Waals surface area contributed by atoms with Gasteiger partial charge in [0, 0.05) is 13.1 Å². The molecule has 106 valence electrons. The lowest BCUT2D eigenvalue weighted by Gasteiger charge is -2.44. The lowest BCUT2D eigenvalue weighted by atomic mass is 10.0. The van der Waals surface area contributed by atoms with E-state index in [9.17, 15) is 14.4 Å². The van der Waals surface area contributed by atoms with Gasteiger partial charge in [-0.25, -0.2) is 0 Å². The second kappa shape index (κ2) is 4.90. The smallest absolute Gasteiger partial charge is 0.264 e. The predicted molar refractivity (Wildman–Crippen MR) is 73.3 cm³/mol. The van der Waals surface area contributed by atoms with E-state index in [2.05, 4.69) is 5.32 Å². The zero-order valence-corrected chi connectivity index (χ0v) is 11.9. The maximum Gasteiger partial charge on any atom is 0.264 e. The summed E-state index contributed by atoms with van der Waals surface area (Å²) in [4.78, 5) is 40.2. The maximum absolute atomic E-state index is 12.3. The van der Waals surface area contributed by atoms with Gasteiger partial charge in [0.1, 0.15) is 12.1 Å². The first-order valence-corrected chi connectivity index (χ1v) is 7.39. The van der Waals surface area contributed by atoms with Crippen LogP contribution in [0.15, 0.2) is 17.5 Å². The van der Waals surface area contributed by atoms with Gasteiger partial charge in [-0.05, 0) is 18.4 Å². The van der Waals surface area contributed by atoms with E-state index in [1.807, 2.05) is 11.4 Å². The Labute approximate surface area is 120 Å². The van der Waals surface area contributed by atoms with Gasteiger partial charge < -0.3 is 15.1 Å². The molecule has 1 aromatic heterocycles. The average Bonchev–Trinajstić information content (AvgIpc) is 2.98. The second-order valence-electron chi connectivity index (χ2n) is 5.01. The molecule has 0 bridgehead atoms. The van der Waals surface area contributed by atoms with Crippen molar-refractivity contribution in [2.24, 2.45) is 0 Å². The first-order valence-electron chi connectivity index (χ1n) is 6.51. The fourth-order valence-corrected chi connectivity index (χ4v) is 3.32. The van der Waals surface area contributed by atoms with Gasteiger partial charge in [0.2, 0.25) is 11.8 Å². The molecule has 0 unspecified atom stereocenters. The van der Waals surface area contributed by atoms with Crippen LogP contribution in [0.3, 0.4) is 0 Å². The van der Waals surface area contributed by atoms with E-state index in [4.69, 9.17) is 0 Å². The van der Waals surface area contributed by atoms with Crippen molar-refractivity contribution in [2.75, 3.05) is 19.6 Å². The molecule has 0 aliphatic carbocycles. The maximum atomic E-state index is 12.3. The molecule has 2 aliphatic rings. The molecule has 1 aromatic rings. The molecule has 1 N–H and O–H groups in total. The minimum absolute atomic E-state index is 0.0708. The molecule has 7 heteroatoms. The van der Waals surface area contributed by atoms with Crippen LogP contribution in [0.25, 0.3) is 0 Å². The van der Waals surface area contributed by atoms with Crippen molar-refractivity contribution < 1.29 is 14.4 Å². The molecule has 6 nitrogen and oxygen atoms in total. The van der Waals surface area contributed by atoms with Crippen LogP contribution in [0, 0.1) is 0 Å². The number of carbonyl (C=O) groups excluding carboxylic acids is 3. The molecule has 0 spiro atoms. The van der Waals surface area contributed by atoms with Gasteiger partial charge in [-0.2, -0.15) is 0 Å². The molecule has 2 aliphatic heterocycles. The topological polar surface area (TPSA) is 69.7 Å². The van der Waals surface area contributed by atoms with E-state index in [-0.39, 0.29) is 24.3 Å². The van der Waals surface area contributed by atoms with Crippen LogP contribution >= 0.6 is 11.3 Å². The average molecular weight is 293 g/mol. The van der Waals surface area contributed by atoms with E-state index in [0.29, 0.717) is 18.0 Å². The van der Waals surface area contributed by atoms with Gasteiger partial charge in [0.25, 0.3) is 5.91 Å². The van der Waals surface area contributed by atoms with Crippen molar-refractivity contribution in [3.63, 3.8) is 0 Å². The van der Waals surface area contributed by atoms with Crippen molar-refractivity contribution in [2.45, 2.75) is 19.0 Å². The molecule has 0 saturated carbocycles. The number of nitrogens with zero attached hydrogens (tertiary/aromatic N) is 2. The van der Waals surface area contributed by atoms with Crippen LogP contribution in [-0.4, -0.2) is 59.2 Å². The van der Waals surface area contributed by atoms with Crippen molar-refractivity contribution in [3.05, 3.63) is 22.4 Å². The molecule has 2 fully saturated rings. The monoisotopic (exact) mass is 293 g/mol. The Morgan fingerprint density at radius 3 is 2.90 bits per heavy atom. The summed E-state index contributed by atoms with van der Waals surface area (Å²) in [5, 5.41) is 4.51. The Kier molecular flexibility index (Phi) is 3.21. The molecule has 3 heterocycles. The first kappa shape index (κ1) is 13.1. The number of fused-ring (bicyclic) bond motifs is 1. The normalized spacial score (nSPS) is 26.2. The fraction of sp³-hybridized carbons (Fsp3) is 0.462. The van der Waals surface area contributed by atoms with Crippen LogP contribution in [0.4, 0.5) is 0 Å². The molecule has 3 amide bonds. The number of amides is 3. The third-order valence-corrected chi connectivity index (χ3v) is 4.57. The number of carbonyl (C=O) groups is 3. The van der Waals surface area contributed by atoms with Gasteiger partial charge in [0.15, 0.2) is 0 Å². The van der Waals surface area contributed by atoms with Crippen LogP contribution in [-0.2, 0) is 9.59 Å². The van der Waals surface area contributed by atoms with E-state index >= 15 is 0 Å². The van der Waals surface area contributed by atoms with Gasteiger partial charge in [0.05, 0.1) is 11.4 Å². The summed E-state index contributed by atoms with van der Waals surface area (Å²) in [7, 11) is 0. The van der Waals surface area contributed by atoms with E-state index in [1.165, 1.54) is 11.3 Å². The lowest BCUT2D eigenvalue weighted by molar-refractivity contribution is -0.151. The van der Waals surface area contributed by atoms with Crippen LogP contribution in [0.5, 0.6) is 0 Å². The fourth-order valence-electron chi connectivity index (χ4n) is 2.63. The Morgan fingerprint density at radius 1 is 1.40 bits per heavy atom. The Bertz CT molecular complexity index is 557. The number of thiophene rings is 1. The van der Waals surface area contributed by atoms with Gasteiger partial charge in [-0.1, -0.05) is 6.07 Å². The quantitative estimate of drug-likeness (QED) is 0.787. The summed E-state index contributed by atoms with van der Waals surface area (Å²) in [5.41, 5.74) is 0. The molecule has 2 atom stereocenters. The van der Waals surface area contributed by atoms with E-state index < -0.39 is 12.1 Å². The third kappa shape index (κ3) is 2.07. The van der Waals surface area contributed by atoms with Gasteiger partial charge >= 0.3 is 0 Å². The molecular formula is C13H15N3O3S. The minimum atomic E-state index is -0.559. The van der Waals surface area contributed by atoms with Crippen molar-refractivity contribution >= 4 is 29.1 Å². The highest BCUT2D eigenvalue weighted by Crippen LogP contribution is 2.19. The highest BCUT2D eigenvalue weighted by atomic mass is 32.1. The van der Waals surface area contributed by atoms with Crippen molar-refractivity contribution in [1.82, 2.24) is 15.1 Å². The zero-order valence-electron chi connectivity index (χ0n) is 11.0. The summed E-state index contributed by atoms with van der Waals surface area (Å²) in [6.07, 6.45) is 0. The summed E-state index contributed by atoms with van der Waals surface area (Å²) in [5.74, 6) is -0.322. The number of rotatable bonds is 1. The van der Waals surface area contributed by atoms with Gasteiger partial charge in [-0.3, -0.25) is 14.4 Å². The SMILES string of the molecule is C[C@@H]1NC(=O)[C@H]2CN(C(=O)c3cccs3)CCN2C1=O. The standard InChI is InChI=1S/C13H15N3O3S/c1-8-12(18)16-5-4-15(7-9(16)11(17)14-8)13(19)10-3-2-6-20-10/h2-3,6,8-9H,4-5,7H2,1H3,(H,14,17)/t8-,9+/m0/s1. The van der Waals surface area contributed by atoms with Crippen LogP contribution < -0.4 is 5.32 Å². The van der Waals surface area contributed by atoms with Crippen molar-refractivity contribution in [3.8, 4) is 0 Å². The predicted octanol–water partition coefficient (Wildman–Crippen LogP) is -0.0806. The second-order valence-corrected chi connectivity index (χ2v) is 5.95. The summed E-state index contributed by atoms with van der Waals surface area (Å²) < 4.78 is 0. The summed E-state index contributed by atoms with van der Waals surface area (Å²) >= 11 is 1.38. The highest BCUT2D eigenvalue weighted by molar-refractivity contribution is 7.12. The molecule has 0 radical (unpaired) electrons. The largest absolute Gasteiger partial charge is 0.343 e. The third-order valence-electron chi connectivity index (χ3n) is 3.71. The Morgan fingerprint density at radius 2 is 2.20 bits per heavy atom. The number of nitrogens with one attached hydrogen (secondary N) is 1. The Hall–Kier alpha value is -1.89. The molecule has 20 heavy (non-hydrogen) atoms. The summed E-state index contributed by atoms with van der Waals surface area (Å²) in [6.45, 7) is 2.83. The molecule has 3 rings (SSSR count). The number of hydrogen-bond donors (Lipinski definition) is 1. The van der Waals surface area contributed by atoms with Crippen LogP contribution in [0.1, 0.15) is 16.6 Å². The summed E-state index contributed by atoms with van der Waals surface area (Å²) in [6, 6.07) is 2.56. The Balaban J connectivity index is 1.76. The molecule has 2 saturated heterocycles. The lowest BCUT2D eigenvalue weighted by Crippen LogP contribution is -2.69. The van der Waals surface area contributed by atoms with E-state index in [0.717, 1.165) is 0 Å². The van der Waals surface area contributed by atoms with Crippen molar-refractivity contribution in [1.29, 1.82) is 0 Å². The number of hydrogen-bond acceptors (Lipinski definition) is 4. The first-order chi connectivity index (χ1) is 9.58. The highest BCUT2D eigenvalue weighted by Gasteiger charge is 2.42. The number of piperazine rings is 2. The molecular weight excluding hydrogens is 278 g/mol.